The van der Waals surface area contributed by atoms with E-state index in [0.29, 0.717) is 16.3 Å². The van der Waals surface area contributed by atoms with Crippen molar-refractivity contribution >= 4 is 17.5 Å². The van der Waals surface area contributed by atoms with Crippen molar-refractivity contribution in [1.29, 1.82) is 0 Å². The van der Waals surface area contributed by atoms with Crippen LogP contribution in [0, 0.1) is 5.95 Å². The molecule has 1 amide bonds. The van der Waals surface area contributed by atoms with Crippen LogP contribution in [0.1, 0.15) is 10.5 Å². The Bertz CT molecular complexity index is 604. The zero-order valence-corrected chi connectivity index (χ0v) is 10.2. The Morgan fingerprint density at radius 3 is 2.89 bits per heavy atom. The van der Waals surface area contributed by atoms with Crippen LogP contribution in [0.3, 0.4) is 0 Å². The van der Waals surface area contributed by atoms with Gasteiger partial charge in [-0.25, -0.2) is 4.98 Å². The fourth-order valence-corrected chi connectivity index (χ4v) is 1.71. The van der Waals surface area contributed by atoms with E-state index in [1.165, 1.54) is 19.2 Å². The molecule has 2 rings (SSSR count). The van der Waals surface area contributed by atoms with Gasteiger partial charge in [-0.05, 0) is 18.2 Å². The summed E-state index contributed by atoms with van der Waals surface area (Å²) >= 11 is 5.97. The summed E-state index contributed by atoms with van der Waals surface area (Å²) < 4.78 is 13.4. The van der Waals surface area contributed by atoms with Crippen LogP contribution in [-0.2, 0) is 0 Å². The highest BCUT2D eigenvalue weighted by molar-refractivity contribution is 6.33. The average Bonchev–Trinajstić information content (AvgIpc) is 2.37. The van der Waals surface area contributed by atoms with Crippen molar-refractivity contribution in [1.82, 2.24) is 15.3 Å². The lowest BCUT2D eigenvalue weighted by molar-refractivity contribution is 0.0957. The van der Waals surface area contributed by atoms with E-state index in [1.807, 2.05) is 0 Å². The predicted molar refractivity (Wildman–Crippen MR) is 65.8 cm³/mol. The Kier molecular flexibility index (Phi) is 3.53. The van der Waals surface area contributed by atoms with Gasteiger partial charge in [-0.1, -0.05) is 11.6 Å². The van der Waals surface area contributed by atoms with Gasteiger partial charge >= 0.3 is 0 Å². The summed E-state index contributed by atoms with van der Waals surface area (Å²) in [7, 11) is 1.45. The number of nitrogens with zero attached hydrogens (tertiary/aromatic N) is 2. The molecule has 0 saturated heterocycles. The molecule has 2 aromatic rings. The zero-order valence-electron chi connectivity index (χ0n) is 9.45. The smallest absolute Gasteiger partial charge is 0.269 e. The van der Waals surface area contributed by atoms with E-state index in [0.717, 1.165) is 0 Å². The van der Waals surface area contributed by atoms with Gasteiger partial charge in [-0.15, -0.1) is 0 Å². The first-order chi connectivity index (χ1) is 8.61. The molecule has 1 N–H and O–H groups in total. The SMILES string of the molecule is CNC(=O)c1cc(-c2ncccc2Cl)cc(F)n1. The number of rotatable bonds is 2. The summed E-state index contributed by atoms with van der Waals surface area (Å²) in [5, 5.41) is 2.76. The van der Waals surface area contributed by atoms with Gasteiger partial charge in [-0.3, -0.25) is 9.78 Å². The molecule has 92 valence electrons. The molecular weight excluding hydrogens is 257 g/mol. The van der Waals surface area contributed by atoms with Crippen molar-refractivity contribution in [2.45, 2.75) is 0 Å². The lowest BCUT2D eigenvalue weighted by atomic mass is 10.1. The summed E-state index contributed by atoms with van der Waals surface area (Å²) in [5.41, 5.74) is 0.798. The number of nitrogens with one attached hydrogen (secondary N) is 1. The van der Waals surface area contributed by atoms with Crippen LogP contribution in [-0.4, -0.2) is 22.9 Å². The maximum absolute atomic E-state index is 13.4. The molecule has 0 radical (unpaired) electrons. The third-order valence-corrected chi connectivity index (χ3v) is 2.59. The Morgan fingerprint density at radius 2 is 2.22 bits per heavy atom. The molecule has 0 aliphatic rings. The minimum Gasteiger partial charge on any atom is -0.354 e. The first-order valence-electron chi connectivity index (χ1n) is 5.12. The molecule has 4 nitrogen and oxygen atoms in total. The van der Waals surface area contributed by atoms with Crippen LogP contribution >= 0.6 is 11.6 Å². The molecular formula is C12H9ClFN3O. The van der Waals surface area contributed by atoms with Crippen molar-refractivity contribution in [3.8, 4) is 11.3 Å². The van der Waals surface area contributed by atoms with Gasteiger partial charge < -0.3 is 5.32 Å². The summed E-state index contributed by atoms with van der Waals surface area (Å²) in [5.74, 6) is -1.23. The van der Waals surface area contributed by atoms with Crippen molar-refractivity contribution < 1.29 is 9.18 Å². The normalized spacial score (nSPS) is 10.2. The average molecular weight is 266 g/mol. The fourth-order valence-electron chi connectivity index (χ4n) is 1.48. The quantitative estimate of drug-likeness (QED) is 0.848. The molecule has 0 aliphatic heterocycles. The molecule has 6 heteroatoms. The van der Waals surface area contributed by atoms with Gasteiger partial charge in [0.1, 0.15) is 5.69 Å². The van der Waals surface area contributed by atoms with Crippen LogP contribution in [0.5, 0.6) is 0 Å². The van der Waals surface area contributed by atoms with Crippen LogP contribution in [0.15, 0.2) is 30.5 Å². The van der Waals surface area contributed by atoms with Gasteiger partial charge in [0.05, 0.1) is 10.7 Å². The predicted octanol–water partition coefficient (Wildman–Crippen LogP) is 2.30. The largest absolute Gasteiger partial charge is 0.354 e. The number of pyridine rings is 2. The van der Waals surface area contributed by atoms with Gasteiger partial charge in [-0.2, -0.15) is 4.39 Å². The lowest BCUT2D eigenvalue weighted by Crippen LogP contribution is -2.19. The van der Waals surface area contributed by atoms with E-state index in [4.69, 9.17) is 11.6 Å². The number of aromatic nitrogens is 2. The van der Waals surface area contributed by atoms with Gasteiger partial charge in [0.25, 0.3) is 5.91 Å². The molecule has 0 bridgehead atoms. The van der Waals surface area contributed by atoms with E-state index in [9.17, 15) is 9.18 Å². The molecule has 0 aromatic carbocycles. The molecule has 2 aromatic heterocycles. The molecule has 0 unspecified atom stereocenters. The summed E-state index contributed by atoms with van der Waals surface area (Å²) in [4.78, 5) is 19.0. The van der Waals surface area contributed by atoms with Crippen LogP contribution in [0.25, 0.3) is 11.3 Å². The zero-order chi connectivity index (χ0) is 13.1. The number of carbonyl (C=O) groups is 1. The second kappa shape index (κ2) is 5.10. The maximum atomic E-state index is 13.4. The van der Waals surface area contributed by atoms with Crippen molar-refractivity contribution in [3.63, 3.8) is 0 Å². The minimum absolute atomic E-state index is 0.0192. The van der Waals surface area contributed by atoms with Gasteiger partial charge in [0, 0.05) is 24.9 Å². The molecule has 0 atom stereocenters. The van der Waals surface area contributed by atoms with E-state index in [1.54, 1.807) is 18.3 Å². The van der Waals surface area contributed by atoms with Gasteiger partial charge in [0.2, 0.25) is 5.95 Å². The van der Waals surface area contributed by atoms with Crippen LogP contribution in [0.4, 0.5) is 4.39 Å². The third-order valence-electron chi connectivity index (χ3n) is 2.29. The molecule has 0 aliphatic carbocycles. The van der Waals surface area contributed by atoms with Crippen LogP contribution < -0.4 is 5.32 Å². The molecule has 0 fully saturated rings. The number of hydrogen-bond donors (Lipinski definition) is 1. The number of halogens is 2. The Morgan fingerprint density at radius 1 is 1.44 bits per heavy atom. The fraction of sp³-hybridized carbons (Fsp3) is 0.0833. The number of amides is 1. The summed E-state index contributed by atoms with van der Waals surface area (Å²) in [6, 6.07) is 5.93. The summed E-state index contributed by atoms with van der Waals surface area (Å²) in [6.07, 6.45) is 1.54. The number of hydrogen-bond acceptors (Lipinski definition) is 3. The maximum Gasteiger partial charge on any atom is 0.269 e. The minimum atomic E-state index is -0.757. The molecule has 18 heavy (non-hydrogen) atoms. The highest BCUT2D eigenvalue weighted by atomic mass is 35.5. The Labute approximate surface area is 108 Å². The standard InChI is InChI=1S/C12H9ClFN3O/c1-15-12(18)9-5-7(6-10(14)17-9)11-8(13)3-2-4-16-11/h2-6H,1H3,(H,15,18). The second-order valence-electron chi connectivity index (χ2n) is 3.48. The van der Waals surface area contributed by atoms with Crippen molar-refractivity contribution in [2.24, 2.45) is 0 Å². The first-order valence-corrected chi connectivity index (χ1v) is 5.50. The van der Waals surface area contributed by atoms with Gasteiger partial charge in [0.15, 0.2) is 0 Å². The van der Waals surface area contributed by atoms with E-state index < -0.39 is 11.9 Å². The van der Waals surface area contributed by atoms with E-state index in [-0.39, 0.29) is 5.69 Å². The summed E-state index contributed by atoms with van der Waals surface area (Å²) in [6.45, 7) is 0. The van der Waals surface area contributed by atoms with E-state index in [2.05, 4.69) is 15.3 Å². The molecule has 0 spiro atoms. The highest BCUT2D eigenvalue weighted by Gasteiger charge is 2.12. The van der Waals surface area contributed by atoms with E-state index >= 15 is 0 Å². The lowest BCUT2D eigenvalue weighted by Gasteiger charge is -2.05. The third kappa shape index (κ3) is 2.46. The van der Waals surface area contributed by atoms with Crippen molar-refractivity contribution in [3.05, 3.63) is 47.1 Å². The number of carbonyl (C=O) groups excluding carboxylic acids is 1. The topological polar surface area (TPSA) is 54.9 Å². The Hall–Kier alpha value is -2.01. The molecule has 0 saturated carbocycles. The highest BCUT2D eigenvalue weighted by Crippen LogP contribution is 2.25. The monoisotopic (exact) mass is 265 g/mol. The first kappa shape index (κ1) is 12.4. The van der Waals surface area contributed by atoms with Crippen LogP contribution in [0.2, 0.25) is 5.02 Å². The second-order valence-corrected chi connectivity index (χ2v) is 3.88. The molecule has 2 heterocycles. The van der Waals surface area contributed by atoms with Crippen molar-refractivity contribution in [2.75, 3.05) is 7.05 Å². The Balaban J connectivity index is 2.55.